The van der Waals surface area contributed by atoms with Crippen LogP contribution in [0.15, 0.2) is 16.5 Å². The molecule has 1 aromatic carbocycles. The highest BCUT2D eigenvalue weighted by Gasteiger charge is 2.45. The van der Waals surface area contributed by atoms with Crippen LogP contribution in [0.5, 0.6) is 11.5 Å². The fraction of sp³-hybridized carbons (Fsp3) is 0.455. The van der Waals surface area contributed by atoms with Crippen LogP contribution in [0.4, 0.5) is 14.7 Å². The third-order valence-corrected chi connectivity index (χ3v) is 6.69. The van der Waals surface area contributed by atoms with E-state index in [0.717, 1.165) is 43.2 Å². The molecule has 0 radical (unpaired) electrons. The number of benzene rings is 1. The van der Waals surface area contributed by atoms with Gasteiger partial charge in [0.05, 0.1) is 12.2 Å². The molecule has 7 rings (SSSR count). The second-order valence-electron chi connectivity index (χ2n) is 9.16. The minimum atomic E-state index is -3.75. The van der Waals surface area contributed by atoms with E-state index in [1.165, 1.54) is 10.6 Å². The molecule has 176 valence electrons. The van der Waals surface area contributed by atoms with Crippen molar-refractivity contribution in [2.75, 3.05) is 12.3 Å². The molecule has 1 unspecified atom stereocenters. The van der Waals surface area contributed by atoms with Gasteiger partial charge in [0.25, 0.3) is 0 Å². The Hall–Kier alpha value is -3.54. The van der Waals surface area contributed by atoms with Crippen LogP contribution in [-0.2, 0) is 19.4 Å². The van der Waals surface area contributed by atoms with Gasteiger partial charge in [0.15, 0.2) is 28.9 Å². The molecule has 12 heteroatoms. The normalized spacial score (nSPS) is 20.2. The Labute approximate surface area is 191 Å². The number of halogens is 2. The van der Waals surface area contributed by atoms with Crippen LogP contribution in [0.25, 0.3) is 16.6 Å². The highest BCUT2D eigenvalue weighted by Crippen LogP contribution is 2.45. The third-order valence-electron chi connectivity index (χ3n) is 6.69. The van der Waals surface area contributed by atoms with E-state index >= 15 is 0 Å². The maximum absolute atomic E-state index is 13.6. The Kier molecular flexibility index (Phi) is 3.95. The minimum Gasteiger partial charge on any atom is -0.444 e. The van der Waals surface area contributed by atoms with E-state index < -0.39 is 6.29 Å². The summed E-state index contributed by atoms with van der Waals surface area (Å²) in [6.45, 7) is 3.70. The number of oxazole rings is 1. The van der Waals surface area contributed by atoms with Gasteiger partial charge in [0, 0.05) is 36.7 Å². The Balaban J connectivity index is 1.17. The summed E-state index contributed by atoms with van der Waals surface area (Å²) in [7, 11) is 0. The summed E-state index contributed by atoms with van der Waals surface area (Å²) >= 11 is 0. The van der Waals surface area contributed by atoms with Crippen molar-refractivity contribution in [3.63, 3.8) is 0 Å². The first-order chi connectivity index (χ1) is 16.3. The number of nitrogens with two attached hydrogens (primary N) is 1. The molecular weight excluding hydrogens is 448 g/mol. The number of anilines is 1. The average molecular weight is 469 g/mol. The van der Waals surface area contributed by atoms with Gasteiger partial charge in [-0.25, -0.2) is 15.0 Å². The summed E-state index contributed by atoms with van der Waals surface area (Å²) < 4.78 is 43.8. The van der Waals surface area contributed by atoms with Crippen molar-refractivity contribution >= 4 is 22.5 Å². The SMILES string of the molecule is CC(Cc1nc2c3ccc4c(c3nc(N)n2n1)OC(F)(F)O4)N1CCc2nc(C3CC3)oc2C1. The quantitative estimate of drug-likeness (QED) is 0.481. The van der Waals surface area contributed by atoms with Crippen LogP contribution >= 0.6 is 0 Å². The maximum Gasteiger partial charge on any atom is 0.586 e. The summed E-state index contributed by atoms with van der Waals surface area (Å²) in [4.78, 5) is 15.9. The molecular formula is C22H21F2N7O3. The fourth-order valence-corrected chi connectivity index (χ4v) is 4.74. The molecule has 0 spiro atoms. The van der Waals surface area contributed by atoms with Gasteiger partial charge in [0.1, 0.15) is 11.3 Å². The number of nitrogen functional groups attached to an aromatic ring is 1. The third kappa shape index (κ3) is 3.08. The van der Waals surface area contributed by atoms with Crippen molar-refractivity contribution < 1.29 is 22.7 Å². The van der Waals surface area contributed by atoms with Crippen molar-refractivity contribution in [3.05, 3.63) is 35.3 Å². The zero-order chi connectivity index (χ0) is 23.2. The van der Waals surface area contributed by atoms with Crippen LogP contribution in [0.2, 0.25) is 0 Å². The molecule has 0 saturated heterocycles. The summed E-state index contributed by atoms with van der Waals surface area (Å²) in [5.41, 5.74) is 7.75. The van der Waals surface area contributed by atoms with Gasteiger partial charge in [0.2, 0.25) is 5.95 Å². The van der Waals surface area contributed by atoms with Crippen molar-refractivity contribution in [2.24, 2.45) is 0 Å². The van der Waals surface area contributed by atoms with E-state index in [1.54, 1.807) is 6.07 Å². The Morgan fingerprint density at radius 2 is 2.06 bits per heavy atom. The number of rotatable bonds is 4. The van der Waals surface area contributed by atoms with Gasteiger partial charge >= 0.3 is 6.29 Å². The molecule has 2 N–H and O–H groups in total. The highest BCUT2D eigenvalue weighted by molar-refractivity contribution is 5.97. The summed E-state index contributed by atoms with van der Waals surface area (Å²) in [5.74, 6) is 2.69. The summed E-state index contributed by atoms with van der Waals surface area (Å²) in [6, 6.07) is 3.16. The standard InChI is InChI=1S/C22H21F2N7O3/c1-10(30-7-6-13-15(9-30)32-20(26-13)11-2-3-11)8-16-27-19-12-4-5-14-18(34-22(23,24)33-14)17(12)28-21(25)31(19)29-16/h4-5,10-11H,2-3,6-9H2,1H3,(H2,25,28). The van der Waals surface area contributed by atoms with Crippen molar-refractivity contribution in [1.82, 2.24) is 29.5 Å². The number of aromatic nitrogens is 5. The first kappa shape index (κ1) is 19.9. The van der Waals surface area contributed by atoms with Gasteiger partial charge < -0.3 is 19.6 Å². The molecule has 3 aromatic heterocycles. The van der Waals surface area contributed by atoms with Crippen molar-refractivity contribution in [2.45, 2.75) is 57.4 Å². The lowest BCUT2D eigenvalue weighted by atomic mass is 10.1. The van der Waals surface area contributed by atoms with Gasteiger partial charge in [-0.3, -0.25) is 4.90 Å². The molecule has 1 aliphatic carbocycles. The second-order valence-corrected chi connectivity index (χ2v) is 9.16. The average Bonchev–Trinajstić information content (AvgIpc) is 3.27. The lowest BCUT2D eigenvalue weighted by Gasteiger charge is -2.30. The van der Waals surface area contributed by atoms with E-state index in [4.69, 9.17) is 10.2 Å². The monoisotopic (exact) mass is 469 g/mol. The number of alkyl halides is 2. The Morgan fingerprint density at radius 3 is 2.88 bits per heavy atom. The zero-order valence-corrected chi connectivity index (χ0v) is 18.3. The molecule has 5 heterocycles. The molecule has 1 saturated carbocycles. The number of hydrogen-bond donors (Lipinski definition) is 1. The van der Waals surface area contributed by atoms with Gasteiger partial charge in [-0.1, -0.05) is 0 Å². The predicted octanol–water partition coefficient (Wildman–Crippen LogP) is 3.04. The molecule has 34 heavy (non-hydrogen) atoms. The molecule has 1 fully saturated rings. The van der Waals surface area contributed by atoms with Crippen LogP contribution < -0.4 is 15.2 Å². The lowest BCUT2D eigenvalue weighted by molar-refractivity contribution is -0.286. The van der Waals surface area contributed by atoms with Crippen molar-refractivity contribution in [1.29, 1.82) is 0 Å². The first-order valence-corrected chi connectivity index (χ1v) is 11.3. The topological polar surface area (TPSA) is 117 Å². The Morgan fingerprint density at radius 1 is 1.21 bits per heavy atom. The minimum absolute atomic E-state index is 0.0259. The smallest absolute Gasteiger partial charge is 0.444 e. The van der Waals surface area contributed by atoms with E-state index in [1.807, 2.05) is 0 Å². The van der Waals surface area contributed by atoms with Gasteiger partial charge in [-0.2, -0.15) is 4.52 Å². The zero-order valence-electron chi connectivity index (χ0n) is 18.3. The van der Waals surface area contributed by atoms with Crippen LogP contribution in [0, 0.1) is 0 Å². The van der Waals surface area contributed by atoms with E-state index in [2.05, 4.69) is 41.3 Å². The molecule has 4 aromatic rings. The van der Waals surface area contributed by atoms with E-state index in [-0.39, 0.29) is 29.0 Å². The fourth-order valence-electron chi connectivity index (χ4n) is 4.74. The molecule has 3 aliphatic rings. The number of hydrogen-bond acceptors (Lipinski definition) is 9. The highest BCUT2D eigenvalue weighted by atomic mass is 19.3. The van der Waals surface area contributed by atoms with E-state index in [0.29, 0.717) is 35.7 Å². The number of ether oxygens (including phenoxy) is 2. The summed E-state index contributed by atoms with van der Waals surface area (Å²) in [5, 5.41) is 5.03. The molecule has 0 amide bonds. The molecule has 10 nitrogen and oxygen atoms in total. The van der Waals surface area contributed by atoms with Crippen LogP contribution in [0.1, 0.15) is 48.9 Å². The Bertz CT molecular complexity index is 1460. The van der Waals surface area contributed by atoms with Crippen LogP contribution in [0.3, 0.4) is 0 Å². The second kappa shape index (κ2) is 6.75. The van der Waals surface area contributed by atoms with Gasteiger partial charge in [-0.05, 0) is 31.9 Å². The first-order valence-electron chi connectivity index (χ1n) is 11.3. The maximum atomic E-state index is 13.6. The largest absolute Gasteiger partial charge is 0.586 e. The van der Waals surface area contributed by atoms with Crippen LogP contribution in [-0.4, -0.2) is 48.3 Å². The molecule has 1 atom stereocenters. The predicted molar refractivity (Wildman–Crippen MR) is 115 cm³/mol. The number of fused-ring (bicyclic) bond motifs is 6. The van der Waals surface area contributed by atoms with Crippen molar-refractivity contribution in [3.8, 4) is 11.5 Å². The van der Waals surface area contributed by atoms with E-state index in [9.17, 15) is 8.78 Å². The molecule has 2 aliphatic heterocycles. The molecule has 0 bridgehead atoms. The van der Waals surface area contributed by atoms with Gasteiger partial charge in [-0.15, -0.1) is 13.9 Å². The summed E-state index contributed by atoms with van der Waals surface area (Å²) in [6.07, 6.45) is 0.00885. The lowest BCUT2D eigenvalue weighted by Crippen LogP contribution is -2.38. The number of nitrogens with zero attached hydrogens (tertiary/aromatic N) is 6.